The minimum Gasteiger partial charge on any atom is -0.351 e. The standard InChI is InChI=1S/C22H20FN7O/c1-15-5-7-18(8-6-15)30-21-19(26-27-30)20(24-14-25-21)28-9-11-29(12-10-28)22(31)16-3-2-4-17(23)13-16/h2-8,13-14H,9-12H2,1H3. The van der Waals surface area contributed by atoms with E-state index in [4.69, 9.17) is 0 Å². The molecule has 1 saturated heterocycles. The highest BCUT2D eigenvalue weighted by atomic mass is 19.1. The van der Waals surface area contributed by atoms with Crippen molar-refractivity contribution in [3.8, 4) is 5.69 Å². The van der Waals surface area contributed by atoms with Crippen LogP contribution in [0.1, 0.15) is 15.9 Å². The van der Waals surface area contributed by atoms with E-state index in [1.54, 1.807) is 21.7 Å². The van der Waals surface area contributed by atoms with Crippen LogP contribution < -0.4 is 4.90 Å². The number of aromatic nitrogens is 5. The molecule has 1 aliphatic heterocycles. The molecule has 5 rings (SSSR count). The normalized spacial score (nSPS) is 14.3. The third-order valence-corrected chi connectivity index (χ3v) is 5.43. The largest absolute Gasteiger partial charge is 0.351 e. The Bertz CT molecular complexity index is 1250. The fourth-order valence-corrected chi connectivity index (χ4v) is 3.75. The van der Waals surface area contributed by atoms with Crippen molar-refractivity contribution < 1.29 is 9.18 Å². The quantitative estimate of drug-likeness (QED) is 0.510. The molecule has 8 nitrogen and oxygen atoms in total. The molecule has 156 valence electrons. The number of benzene rings is 2. The van der Waals surface area contributed by atoms with Crippen molar-refractivity contribution in [2.45, 2.75) is 6.92 Å². The Morgan fingerprint density at radius 3 is 2.52 bits per heavy atom. The summed E-state index contributed by atoms with van der Waals surface area (Å²) >= 11 is 0. The molecule has 0 unspecified atom stereocenters. The Labute approximate surface area is 177 Å². The molecule has 1 amide bonds. The van der Waals surface area contributed by atoms with Gasteiger partial charge >= 0.3 is 0 Å². The summed E-state index contributed by atoms with van der Waals surface area (Å²) in [6.45, 7) is 4.22. The molecule has 2 aromatic heterocycles. The monoisotopic (exact) mass is 417 g/mol. The van der Waals surface area contributed by atoms with Crippen molar-refractivity contribution in [2.24, 2.45) is 0 Å². The van der Waals surface area contributed by atoms with Crippen molar-refractivity contribution in [3.63, 3.8) is 0 Å². The van der Waals surface area contributed by atoms with E-state index in [2.05, 4.69) is 25.2 Å². The summed E-state index contributed by atoms with van der Waals surface area (Å²) in [5.41, 5.74) is 3.65. The maximum Gasteiger partial charge on any atom is 0.254 e. The Hall–Kier alpha value is -3.88. The number of hydrogen-bond donors (Lipinski definition) is 0. The van der Waals surface area contributed by atoms with E-state index in [9.17, 15) is 9.18 Å². The number of piperazine rings is 1. The first-order valence-corrected chi connectivity index (χ1v) is 10.0. The van der Waals surface area contributed by atoms with Crippen LogP contribution in [-0.4, -0.2) is 61.9 Å². The summed E-state index contributed by atoms with van der Waals surface area (Å²) in [5.74, 6) is 0.114. The first-order chi connectivity index (χ1) is 15.1. The number of carbonyl (C=O) groups is 1. The SMILES string of the molecule is Cc1ccc(-n2nnc3c(N4CCN(C(=O)c5cccc(F)c5)CC4)ncnc32)cc1. The van der Waals surface area contributed by atoms with Crippen molar-refractivity contribution in [1.29, 1.82) is 0 Å². The van der Waals surface area contributed by atoms with Crippen LogP contribution >= 0.6 is 0 Å². The third-order valence-electron chi connectivity index (χ3n) is 5.43. The summed E-state index contributed by atoms with van der Waals surface area (Å²) < 4.78 is 15.2. The van der Waals surface area contributed by atoms with Crippen LogP contribution in [0.25, 0.3) is 16.9 Å². The van der Waals surface area contributed by atoms with E-state index in [0.717, 1.165) is 11.3 Å². The summed E-state index contributed by atoms with van der Waals surface area (Å²) in [6.07, 6.45) is 1.51. The second-order valence-electron chi connectivity index (χ2n) is 7.50. The first-order valence-electron chi connectivity index (χ1n) is 10.0. The van der Waals surface area contributed by atoms with Gasteiger partial charge in [0, 0.05) is 31.7 Å². The van der Waals surface area contributed by atoms with Crippen LogP contribution in [0, 0.1) is 12.7 Å². The number of nitrogens with zero attached hydrogens (tertiary/aromatic N) is 7. The van der Waals surface area contributed by atoms with Gasteiger partial charge in [0.25, 0.3) is 5.91 Å². The molecule has 0 N–H and O–H groups in total. The molecular weight excluding hydrogens is 397 g/mol. The molecule has 0 aliphatic carbocycles. The summed E-state index contributed by atoms with van der Waals surface area (Å²) in [4.78, 5) is 25.3. The molecule has 1 aliphatic rings. The Morgan fingerprint density at radius 1 is 1.00 bits per heavy atom. The molecule has 0 saturated carbocycles. The van der Waals surface area contributed by atoms with E-state index in [1.165, 1.54) is 18.5 Å². The van der Waals surface area contributed by atoms with Crippen LogP contribution in [-0.2, 0) is 0 Å². The number of amides is 1. The zero-order chi connectivity index (χ0) is 21.4. The lowest BCUT2D eigenvalue weighted by molar-refractivity contribution is 0.0746. The molecular formula is C22H20FN7O. The van der Waals surface area contributed by atoms with Gasteiger partial charge in [0.2, 0.25) is 0 Å². The molecule has 1 fully saturated rings. The van der Waals surface area contributed by atoms with E-state index >= 15 is 0 Å². The van der Waals surface area contributed by atoms with Gasteiger partial charge < -0.3 is 9.80 Å². The number of aryl methyl sites for hydroxylation is 1. The number of fused-ring (bicyclic) bond motifs is 1. The number of halogens is 1. The van der Waals surface area contributed by atoms with Gasteiger partial charge in [-0.15, -0.1) is 5.10 Å². The number of hydrogen-bond acceptors (Lipinski definition) is 6. The van der Waals surface area contributed by atoms with Gasteiger partial charge in [0.1, 0.15) is 12.1 Å². The molecule has 0 bridgehead atoms. The summed E-state index contributed by atoms with van der Waals surface area (Å²) in [6, 6.07) is 13.8. The van der Waals surface area contributed by atoms with Crippen LogP contribution in [0.15, 0.2) is 54.9 Å². The highest BCUT2D eigenvalue weighted by Gasteiger charge is 2.25. The lowest BCUT2D eigenvalue weighted by Crippen LogP contribution is -2.49. The summed E-state index contributed by atoms with van der Waals surface area (Å²) in [5, 5.41) is 8.61. The lowest BCUT2D eigenvalue weighted by atomic mass is 10.1. The number of anilines is 1. The van der Waals surface area contributed by atoms with Crippen LogP contribution in [0.3, 0.4) is 0 Å². The van der Waals surface area contributed by atoms with Gasteiger partial charge in [-0.05, 0) is 37.3 Å². The van der Waals surface area contributed by atoms with Crippen LogP contribution in [0.4, 0.5) is 10.2 Å². The van der Waals surface area contributed by atoms with Crippen molar-refractivity contribution in [3.05, 3.63) is 71.8 Å². The van der Waals surface area contributed by atoms with Gasteiger partial charge in [-0.2, -0.15) is 4.68 Å². The predicted molar refractivity (Wildman–Crippen MR) is 114 cm³/mol. The second-order valence-corrected chi connectivity index (χ2v) is 7.50. The Kier molecular flexibility index (Phi) is 4.78. The zero-order valence-electron chi connectivity index (χ0n) is 16.9. The molecule has 9 heteroatoms. The van der Waals surface area contributed by atoms with Crippen molar-refractivity contribution >= 4 is 22.9 Å². The second kappa shape index (κ2) is 7.75. The average molecular weight is 417 g/mol. The molecule has 2 aromatic carbocycles. The smallest absolute Gasteiger partial charge is 0.254 e. The number of carbonyl (C=O) groups excluding carboxylic acids is 1. The van der Waals surface area contributed by atoms with Crippen LogP contribution in [0.2, 0.25) is 0 Å². The fourth-order valence-electron chi connectivity index (χ4n) is 3.75. The Morgan fingerprint density at radius 2 is 1.77 bits per heavy atom. The highest BCUT2D eigenvalue weighted by molar-refractivity contribution is 5.94. The van der Waals surface area contributed by atoms with E-state index in [0.29, 0.717) is 48.7 Å². The van der Waals surface area contributed by atoms with Gasteiger partial charge in [-0.1, -0.05) is 29.0 Å². The minimum absolute atomic E-state index is 0.169. The van der Waals surface area contributed by atoms with E-state index in [1.807, 2.05) is 31.2 Å². The van der Waals surface area contributed by atoms with Gasteiger partial charge in [-0.25, -0.2) is 14.4 Å². The molecule has 3 heterocycles. The third kappa shape index (κ3) is 3.58. The van der Waals surface area contributed by atoms with Gasteiger partial charge in [0.05, 0.1) is 5.69 Å². The van der Waals surface area contributed by atoms with E-state index in [-0.39, 0.29) is 5.91 Å². The van der Waals surface area contributed by atoms with Gasteiger partial charge in [-0.3, -0.25) is 4.79 Å². The fraction of sp³-hybridized carbons (Fsp3) is 0.227. The van der Waals surface area contributed by atoms with Crippen LogP contribution in [0.5, 0.6) is 0 Å². The van der Waals surface area contributed by atoms with Crippen molar-refractivity contribution in [1.82, 2.24) is 29.9 Å². The molecule has 0 spiro atoms. The average Bonchev–Trinajstić information content (AvgIpc) is 3.23. The predicted octanol–water partition coefficient (Wildman–Crippen LogP) is 2.62. The highest BCUT2D eigenvalue weighted by Crippen LogP contribution is 2.24. The molecule has 0 radical (unpaired) electrons. The molecule has 4 aromatic rings. The topological polar surface area (TPSA) is 80.0 Å². The zero-order valence-corrected chi connectivity index (χ0v) is 16.9. The molecule has 31 heavy (non-hydrogen) atoms. The lowest BCUT2D eigenvalue weighted by Gasteiger charge is -2.35. The minimum atomic E-state index is -0.412. The summed E-state index contributed by atoms with van der Waals surface area (Å²) in [7, 11) is 0. The maximum atomic E-state index is 13.5. The van der Waals surface area contributed by atoms with Crippen molar-refractivity contribution in [2.75, 3.05) is 31.1 Å². The van der Waals surface area contributed by atoms with Gasteiger partial charge in [0.15, 0.2) is 17.0 Å². The Balaban J connectivity index is 1.36. The maximum absolute atomic E-state index is 13.5. The number of rotatable bonds is 3. The first kappa shape index (κ1) is 19.1. The van der Waals surface area contributed by atoms with E-state index < -0.39 is 5.82 Å². The molecule has 0 atom stereocenters.